The minimum Gasteiger partial charge on any atom is -0.391 e. The second kappa shape index (κ2) is 9.76. The normalized spacial score (nSPS) is 21.3. The predicted octanol–water partition coefficient (Wildman–Crippen LogP) is 3.82. The van der Waals surface area contributed by atoms with Crippen molar-refractivity contribution in [3.63, 3.8) is 0 Å². The molecular formula is C26H33ClN6O2. The van der Waals surface area contributed by atoms with E-state index in [2.05, 4.69) is 45.3 Å². The molecule has 1 aliphatic carbocycles. The van der Waals surface area contributed by atoms with Crippen LogP contribution in [0.15, 0.2) is 36.5 Å². The Morgan fingerprint density at radius 1 is 1.09 bits per heavy atom. The van der Waals surface area contributed by atoms with Crippen molar-refractivity contribution in [2.24, 2.45) is 0 Å². The molecular weight excluding hydrogens is 464 g/mol. The van der Waals surface area contributed by atoms with Gasteiger partial charge in [-0.1, -0.05) is 6.07 Å². The van der Waals surface area contributed by atoms with Crippen LogP contribution in [-0.4, -0.2) is 70.0 Å². The van der Waals surface area contributed by atoms with Crippen LogP contribution in [-0.2, 0) is 0 Å². The summed E-state index contributed by atoms with van der Waals surface area (Å²) < 4.78 is 2.13. The van der Waals surface area contributed by atoms with E-state index >= 15 is 0 Å². The number of β-amino-alcohol motifs (C(OH)–C–C–N with tert-alkyl or cyclic N) is 1. The van der Waals surface area contributed by atoms with Gasteiger partial charge in [-0.3, -0.25) is 9.48 Å². The number of anilines is 2. The number of benzene rings is 1. The number of halogens is 1. The lowest BCUT2D eigenvalue weighted by Gasteiger charge is -2.28. The molecule has 1 aromatic carbocycles. The van der Waals surface area contributed by atoms with Gasteiger partial charge >= 0.3 is 0 Å². The summed E-state index contributed by atoms with van der Waals surface area (Å²) in [5, 5.41) is 19.0. The SMILES string of the molecule is CN1CCC(n2cc3cc(NC(=O)c4cccc(N5CCC(O)C5)n4)c(C4CC4)cc3n2)CC1.Cl. The van der Waals surface area contributed by atoms with Gasteiger partial charge < -0.3 is 20.2 Å². The summed E-state index contributed by atoms with van der Waals surface area (Å²) in [5.74, 6) is 1.02. The Morgan fingerprint density at radius 2 is 1.89 bits per heavy atom. The number of carbonyl (C=O) groups is 1. The van der Waals surface area contributed by atoms with Gasteiger partial charge in [-0.25, -0.2) is 4.98 Å². The molecule has 186 valence electrons. The highest BCUT2D eigenvalue weighted by Gasteiger charge is 2.29. The second-order valence-corrected chi connectivity index (χ2v) is 10.1. The van der Waals surface area contributed by atoms with Crippen molar-refractivity contribution < 1.29 is 9.90 Å². The van der Waals surface area contributed by atoms with Crippen molar-refractivity contribution in [2.75, 3.05) is 43.4 Å². The molecule has 0 radical (unpaired) electrons. The van der Waals surface area contributed by atoms with E-state index in [1.165, 1.54) is 5.56 Å². The Bertz CT molecular complexity index is 1220. The Labute approximate surface area is 211 Å². The number of aliphatic hydroxyl groups excluding tert-OH is 1. The number of aliphatic hydroxyl groups is 1. The van der Waals surface area contributed by atoms with Gasteiger partial charge in [-0.15, -0.1) is 12.4 Å². The third-order valence-corrected chi connectivity index (χ3v) is 7.48. The summed E-state index contributed by atoms with van der Waals surface area (Å²) in [6.45, 7) is 3.50. The van der Waals surface area contributed by atoms with E-state index in [1.54, 1.807) is 6.07 Å². The molecule has 2 N–H and O–H groups in total. The molecule has 2 saturated heterocycles. The third kappa shape index (κ3) is 5.01. The first kappa shape index (κ1) is 24.0. The van der Waals surface area contributed by atoms with Crippen molar-refractivity contribution in [3.8, 4) is 0 Å². The fraction of sp³-hybridized carbons (Fsp3) is 0.500. The minimum atomic E-state index is -0.331. The molecule has 1 unspecified atom stereocenters. The summed E-state index contributed by atoms with van der Waals surface area (Å²) in [7, 11) is 2.17. The number of pyridine rings is 1. The van der Waals surface area contributed by atoms with Crippen LogP contribution in [0.4, 0.5) is 11.5 Å². The summed E-state index contributed by atoms with van der Waals surface area (Å²) in [5.41, 5.74) is 3.44. The number of nitrogens with zero attached hydrogens (tertiary/aromatic N) is 5. The first-order chi connectivity index (χ1) is 16.5. The first-order valence-corrected chi connectivity index (χ1v) is 12.5. The summed E-state index contributed by atoms with van der Waals surface area (Å²) in [6.07, 6.45) is 7.05. The molecule has 1 saturated carbocycles. The summed E-state index contributed by atoms with van der Waals surface area (Å²) in [6, 6.07) is 10.2. The number of piperidine rings is 1. The largest absolute Gasteiger partial charge is 0.391 e. The van der Waals surface area contributed by atoms with Crippen LogP contribution in [0.5, 0.6) is 0 Å². The number of fused-ring (bicyclic) bond motifs is 1. The molecule has 3 fully saturated rings. The molecule has 0 bridgehead atoms. The van der Waals surface area contributed by atoms with Gasteiger partial charge in [0.25, 0.3) is 5.91 Å². The zero-order valence-corrected chi connectivity index (χ0v) is 20.9. The van der Waals surface area contributed by atoms with Crippen LogP contribution in [0, 0.1) is 0 Å². The van der Waals surface area contributed by atoms with Crippen LogP contribution in [0.1, 0.15) is 60.1 Å². The quantitative estimate of drug-likeness (QED) is 0.558. The number of hydrogen-bond donors (Lipinski definition) is 2. The van der Waals surface area contributed by atoms with E-state index in [-0.39, 0.29) is 24.4 Å². The molecule has 8 nitrogen and oxygen atoms in total. The van der Waals surface area contributed by atoms with Gasteiger partial charge in [0, 0.05) is 30.4 Å². The maximum atomic E-state index is 13.2. The standard InChI is InChI=1S/C26H32N6O2.ClH/c1-30-10-7-19(8-11-30)32-15-18-13-24(21(17-5-6-17)14-23(18)29-32)28-26(34)22-3-2-4-25(27-22)31-12-9-20(33)16-31;/h2-4,13-15,17,19-20,33H,5-12,16H2,1H3,(H,28,34);1H. The molecule has 3 aromatic rings. The molecule has 9 heteroatoms. The summed E-state index contributed by atoms with van der Waals surface area (Å²) >= 11 is 0. The van der Waals surface area contributed by atoms with Gasteiger partial charge in [0.2, 0.25) is 0 Å². The van der Waals surface area contributed by atoms with Gasteiger partial charge in [0.05, 0.1) is 17.7 Å². The van der Waals surface area contributed by atoms with Gasteiger partial charge in [-0.05, 0) is 88.0 Å². The molecule has 2 aliphatic heterocycles. The van der Waals surface area contributed by atoms with Gasteiger partial charge in [0.1, 0.15) is 11.5 Å². The molecule has 1 amide bonds. The number of amides is 1. The van der Waals surface area contributed by atoms with Crippen molar-refractivity contribution >= 4 is 40.7 Å². The molecule has 0 spiro atoms. The van der Waals surface area contributed by atoms with E-state index < -0.39 is 0 Å². The fourth-order valence-corrected chi connectivity index (χ4v) is 5.26. The monoisotopic (exact) mass is 496 g/mol. The molecule has 4 heterocycles. The zero-order valence-electron chi connectivity index (χ0n) is 20.1. The van der Waals surface area contributed by atoms with Crippen molar-refractivity contribution in [1.82, 2.24) is 19.7 Å². The summed E-state index contributed by atoms with van der Waals surface area (Å²) in [4.78, 5) is 22.2. The maximum absolute atomic E-state index is 13.2. The van der Waals surface area contributed by atoms with Gasteiger partial charge in [-0.2, -0.15) is 5.10 Å². The number of rotatable bonds is 5. The number of carbonyl (C=O) groups excluding carboxylic acids is 1. The number of aromatic nitrogens is 3. The number of likely N-dealkylation sites (tertiary alicyclic amines) is 1. The Hall–Kier alpha value is -2.68. The zero-order chi connectivity index (χ0) is 23.2. The average molecular weight is 497 g/mol. The lowest BCUT2D eigenvalue weighted by atomic mass is 10.1. The van der Waals surface area contributed by atoms with Crippen molar-refractivity contribution in [3.05, 3.63) is 47.8 Å². The molecule has 6 rings (SSSR count). The lowest BCUT2D eigenvalue weighted by molar-refractivity contribution is 0.102. The Morgan fingerprint density at radius 3 is 2.60 bits per heavy atom. The minimum absolute atomic E-state index is 0. The number of nitrogens with one attached hydrogen (secondary N) is 1. The smallest absolute Gasteiger partial charge is 0.274 e. The molecule has 35 heavy (non-hydrogen) atoms. The third-order valence-electron chi connectivity index (χ3n) is 7.48. The van der Waals surface area contributed by atoms with E-state index in [0.29, 0.717) is 24.2 Å². The number of hydrogen-bond acceptors (Lipinski definition) is 6. The van der Waals surface area contributed by atoms with Crippen molar-refractivity contribution in [1.29, 1.82) is 0 Å². The predicted molar refractivity (Wildman–Crippen MR) is 140 cm³/mol. The van der Waals surface area contributed by atoms with Crippen LogP contribution in [0.2, 0.25) is 0 Å². The molecule has 1 atom stereocenters. The van der Waals surface area contributed by atoms with Crippen LogP contribution < -0.4 is 10.2 Å². The van der Waals surface area contributed by atoms with E-state index in [9.17, 15) is 9.90 Å². The van der Waals surface area contributed by atoms with Crippen LogP contribution >= 0.6 is 12.4 Å². The van der Waals surface area contributed by atoms with E-state index in [4.69, 9.17) is 5.10 Å². The van der Waals surface area contributed by atoms with Crippen LogP contribution in [0.25, 0.3) is 10.9 Å². The Balaban J connectivity index is 0.00000253. The Kier molecular flexibility index (Phi) is 6.70. The topological polar surface area (TPSA) is 86.5 Å². The highest BCUT2D eigenvalue weighted by molar-refractivity contribution is 6.04. The van der Waals surface area contributed by atoms with Crippen molar-refractivity contribution in [2.45, 2.75) is 50.2 Å². The average Bonchev–Trinajstić information content (AvgIpc) is 3.46. The lowest BCUT2D eigenvalue weighted by Crippen LogP contribution is -2.31. The molecule has 2 aromatic heterocycles. The van der Waals surface area contributed by atoms with Gasteiger partial charge in [0.15, 0.2) is 0 Å². The first-order valence-electron chi connectivity index (χ1n) is 12.5. The highest BCUT2D eigenvalue weighted by Crippen LogP contribution is 2.45. The fourth-order valence-electron chi connectivity index (χ4n) is 5.26. The van der Waals surface area contributed by atoms with Crippen LogP contribution in [0.3, 0.4) is 0 Å². The highest BCUT2D eigenvalue weighted by atomic mass is 35.5. The second-order valence-electron chi connectivity index (χ2n) is 10.1. The molecule has 3 aliphatic rings. The van der Waals surface area contributed by atoms with E-state index in [1.807, 2.05) is 17.0 Å². The maximum Gasteiger partial charge on any atom is 0.274 e. The van der Waals surface area contributed by atoms with E-state index in [0.717, 1.165) is 74.1 Å².